The number of aromatic carboxylic acids is 1. The Bertz CT molecular complexity index is 487. The lowest BCUT2D eigenvalue weighted by atomic mass is 10.1. The number of rotatable bonds is 5. The number of carboxylic acids is 1. The molecule has 4 nitrogen and oxygen atoms in total. The fourth-order valence-corrected chi connectivity index (χ4v) is 3.15. The highest BCUT2D eigenvalue weighted by atomic mass is 16.4. The quantitative estimate of drug-likeness (QED) is 0.898. The van der Waals surface area contributed by atoms with Crippen molar-refractivity contribution in [2.24, 2.45) is 0 Å². The molecule has 0 spiro atoms. The molecule has 4 heteroatoms. The molecule has 1 fully saturated rings. The van der Waals surface area contributed by atoms with Crippen LogP contribution in [0.25, 0.3) is 0 Å². The normalized spacial score (nSPS) is 19.2. The van der Waals surface area contributed by atoms with E-state index >= 15 is 0 Å². The molecular weight excluding hydrogens is 252 g/mol. The molecule has 2 rings (SSSR count). The van der Waals surface area contributed by atoms with Crippen molar-refractivity contribution in [3.63, 3.8) is 0 Å². The Morgan fingerprint density at radius 2 is 2.25 bits per heavy atom. The summed E-state index contributed by atoms with van der Waals surface area (Å²) in [5, 5.41) is 9.01. The number of aryl methyl sites for hydroxylation is 1. The fraction of sp³-hybridized carbons (Fsp3) is 0.562. The van der Waals surface area contributed by atoms with Crippen LogP contribution in [-0.2, 0) is 0 Å². The van der Waals surface area contributed by atoms with Gasteiger partial charge >= 0.3 is 5.97 Å². The standard InChI is InChI=1S/C16H24N2O2/c1-4-18-9-5-6-14(18)11-17(3)15-8-7-13(16(19)20)10-12(15)2/h7-8,10,14H,4-6,9,11H2,1-3H3,(H,19,20). The molecule has 1 aromatic carbocycles. The van der Waals surface area contributed by atoms with E-state index in [-0.39, 0.29) is 0 Å². The smallest absolute Gasteiger partial charge is 0.335 e. The number of nitrogens with zero attached hydrogens (tertiary/aromatic N) is 2. The van der Waals surface area contributed by atoms with Crippen molar-refractivity contribution in [1.29, 1.82) is 0 Å². The lowest BCUT2D eigenvalue weighted by Crippen LogP contribution is -2.38. The molecule has 0 aliphatic carbocycles. The summed E-state index contributed by atoms with van der Waals surface area (Å²) < 4.78 is 0. The van der Waals surface area contributed by atoms with Gasteiger partial charge in [-0.3, -0.25) is 4.90 Å². The van der Waals surface area contributed by atoms with Crippen LogP contribution in [0.15, 0.2) is 18.2 Å². The van der Waals surface area contributed by atoms with Crippen molar-refractivity contribution >= 4 is 11.7 Å². The average molecular weight is 276 g/mol. The van der Waals surface area contributed by atoms with Gasteiger partial charge in [-0.15, -0.1) is 0 Å². The highest BCUT2D eigenvalue weighted by molar-refractivity contribution is 5.88. The van der Waals surface area contributed by atoms with Gasteiger partial charge in [0, 0.05) is 25.3 Å². The van der Waals surface area contributed by atoms with Gasteiger partial charge in [0.2, 0.25) is 0 Å². The van der Waals surface area contributed by atoms with Gasteiger partial charge in [0.25, 0.3) is 0 Å². The zero-order valence-corrected chi connectivity index (χ0v) is 12.6. The summed E-state index contributed by atoms with van der Waals surface area (Å²) in [5.74, 6) is -0.866. The molecule has 1 N–H and O–H groups in total. The molecule has 1 unspecified atom stereocenters. The molecule has 0 amide bonds. The topological polar surface area (TPSA) is 43.8 Å². The first-order valence-corrected chi connectivity index (χ1v) is 7.32. The Morgan fingerprint density at radius 3 is 2.85 bits per heavy atom. The van der Waals surface area contributed by atoms with Crippen LogP contribution in [0.2, 0.25) is 0 Å². The van der Waals surface area contributed by atoms with Crippen LogP contribution in [0.1, 0.15) is 35.7 Å². The first-order chi connectivity index (χ1) is 9.52. The Labute approximate surface area is 121 Å². The highest BCUT2D eigenvalue weighted by Crippen LogP contribution is 2.24. The summed E-state index contributed by atoms with van der Waals surface area (Å²) in [4.78, 5) is 15.7. The second-order valence-corrected chi connectivity index (χ2v) is 5.61. The lowest BCUT2D eigenvalue weighted by molar-refractivity contribution is 0.0697. The zero-order chi connectivity index (χ0) is 14.7. The monoisotopic (exact) mass is 276 g/mol. The Kier molecular flexibility index (Phi) is 4.65. The molecule has 0 bridgehead atoms. The van der Waals surface area contributed by atoms with Crippen LogP contribution in [0.5, 0.6) is 0 Å². The van der Waals surface area contributed by atoms with Crippen LogP contribution in [0.4, 0.5) is 5.69 Å². The number of benzene rings is 1. The van der Waals surface area contributed by atoms with Gasteiger partial charge < -0.3 is 10.0 Å². The number of hydrogen-bond acceptors (Lipinski definition) is 3. The van der Waals surface area contributed by atoms with Crippen LogP contribution in [0, 0.1) is 6.92 Å². The second kappa shape index (κ2) is 6.27. The van der Waals surface area contributed by atoms with E-state index in [9.17, 15) is 4.79 Å². The van der Waals surface area contributed by atoms with Crippen molar-refractivity contribution in [2.45, 2.75) is 32.7 Å². The minimum Gasteiger partial charge on any atom is -0.478 e. The number of hydrogen-bond donors (Lipinski definition) is 1. The van der Waals surface area contributed by atoms with Gasteiger partial charge in [-0.1, -0.05) is 6.92 Å². The first kappa shape index (κ1) is 14.9. The summed E-state index contributed by atoms with van der Waals surface area (Å²) in [6.07, 6.45) is 2.54. The van der Waals surface area contributed by atoms with Crippen LogP contribution < -0.4 is 4.90 Å². The SMILES string of the molecule is CCN1CCCC1CN(C)c1ccc(C(=O)O)cc1C. The Balaban J connectivity index is 2.09. The van der Waals surface area contributed by atoms with Gasteiger partial charge in [0.15, 0.2) is 0 Å². The van der Waals surface area contributed by atoms with Gasteiger partial charge in [0.05, 0.1) is 5.56 Å². The third-order valence-electron chi connectivity index (χ3n) is 4.24. The predicted octanol–water partition coefficient (Wildman–Crippen LogP) is 2.61. The van der Waals surface area contributed by atoms with Crippen molar-refractivity contribution in [2.75, 3.05) is 31.6 Å². The molecule has 1 saturated heterocycles. The van der Waals surface area contributed by atoms with Gasteiger partial charge in [-0.05, 0) is 56.6 Å². The molecule has 0 aromatic heterocycles. The summed E-state index contributed by atoms with van der Waals surface area (Å²) in [7, 11) is 2.09. The number of carbonyl (C=O) groups is 1. The summed E-state index contributed by atoms with van der Waals surface area (Å²) in [5.41, 5.74) is 2.50. The van der Waals surface area contributed by atoms with Gasteiger partial charge in [-0.2, -0.15) is 0 Å². The van der Waals surface area contributed by atoms with Gasteiger partial charge in [-0.25, -0.2) is 4.79 Å². The van der Waals surface area contributed by atoms with Crippen LogP contribution in [-0.4, -0.2) is 48.7 Å². The number of carboxylic acid groups (broad SMARTS) is 1. The summed E-state index contributed by atoms with van der Waals surface area (Å²) >= 11 is 0. The maximum atomic E-state index is 11.0. The molecule has 1 heterocycles. The molecule has 0 radical (unpaired) electrons. The second-order valence-electron chi connectivity index (χ2n) is 5.61. The molecule has 110 valence electrons. The predicted molar refractivity (Wildman–Crippen MR) is 81.7 cm³/mol. The molecular formula is C16H24N2O2. The Hall–Kier alpha value is -1.55. The largest absolute Gasteiger partial charge is 0.478 e. The van der Waals surface area contributed by atoms with E-state index in [1.807, 2.05) is 13.0 Å². The molecule has 1 aliphatic rings. The molecule has 1 atom stereocenters. The number of likely N-dealkylation sites (tertiary alicyclic amines) is 1. The minimum atomic E-state index is -0.866. The van der Waals surface area contributed by atoms with E-state index in [0.717, 1.165) is 24.3 Å². The van der Waals surface area contributed by atoms with Crippen molar-refractivity contribution in [3.8, 4) is 0 Å². The minimum absolute atomic E-state index is 0.357. The maximum absolute atomic E-state index is 11.0. The third kappa shape index (κ3) is 3.12. The molecule has 0 saturated carbocycles. The Morgan fingerprint density at radius 1 is 1.50 bits per heavy atom. The lowest BCUT2D eigenvalue weighted by Gasteiger charge is -2.30. The molecule has 1 aliphatic heterocycles. The summed E-state index contributed by atoms with van der Waals surface area (Å²) in [6.45, 7) is 7.50. The van der Waals surface area contributed by atoms with E-state index in [2.05, 4.69) is 23.8 Å². The van der Waals surface area contributed by atoms with E-state index in [1.54, 1.807) is 12.1 Å². The van der Waals surface area contributed by atoms with E-state index in [1.165, 1.54) is 19.4 Å². The highest BCUT2D eigenvalue weighted by Gasteiger charge is 2.24. The van der Waals surface area contributed by atoms with Crippen LogP contribution in [0.3, 0.4) is 0 Å². The van der Waals surface area contributed by atoms with Crippen molar-refractivity contribution in [1.82, 2.24) is 4.90 Å². The fourth-order valence-electron chi connectivity index (χ4n) is 3.15. The number of likely N-dealkylation sites (N-methyl/N-ethyl adjacent to an activating group) is 2. The zero-order valence-electron chi connectivity index (χ0n) is 12.6. The molecule has 1 aromatic rings. The van der Waals surface area contributed by atoms with E-state index in [0.29, 0.717) is 11.6 Å². The maximum Gasteiger partial charge on any atom is 0.335 e. The third-order valence-corrected chi connectivity index (χ3v) is 4.24. The first-order valence-electron chi connectivity index (χ1n) is 7.32. The molecule has 20 heavy (non-hydrogen) atoms. The van der Waals surface area contributed by atoms with Crippen molar-refractivity contribution < 1.29 is 9.90 Å². The van der Waals surface area contributed by atoms with Crippen LogP contribution >= 0.6 is 0 Å². The van der Waals surface area contributed by atoms with E-state index < -0.39 is 5.97 Å². The summed E-state index contributed by atoms with van der Waals surface area (Å²) in [6, 6.07) is 5.97. The van der Waals surface area contributed by atoms with Crippen molar-refractivity contribution in [3.05, 3.63) is 29.3 Å². The van der Waals surface area contributed by atoms with E-state index in [4.69, 9.17) is 5.11 Å². The number of anilines is 1. The van der Waals surface area contributed by atoms with Gasteiger partial charge in [0.1, 0.15) is 0 Å². The average Bonchev–Trinajstić information content (AvgIpc) is 2.85.